The zero-order valence-corrected chi connectivity index (χ0v) is 13.0. The molecule has 2 aromatic rings. The predicted molar refractivity (Wildman–Crippen MR) is 80.4 cm³/mol. The molecule has 0 aromatic carbocycles. The first kappa shape index (κ1) is 16.3. The van der Waals surface area contributed by atoms with Gasteiger partial charge in [0.15, 0.2) is 5.58 Å². The summed E-state index contributed by atoms with van der Waals surface area (Å²) in [5.74, 6) is -0.519. The van der Waals surface area contributed by atoms with Crippen molar-refractivity contribution in [1.29, 1.82) is 0 Å². The van der Waals surface area contributed by atoms with E-state index in [-0.39, 0.29) is 18.1 Å². The molecule has 0 saturated carbocycles. The van der Waals surface area contributed by atoms with Gasteiger partial charge in [-0.05, 0) is 39.8 Å². The van der Waals surface area contributed by atoms with Crippen molar-refractivity contribution >= 4 is 23.0 Å². The molecule has 0 amide bonds. The number of aromatic nitrogens is 1. The highest BCUT2D eigenvalue weighted by molar-refractivity contribution is 6.06. The summed E-state index contributed by atoms with van der Waals surface area (Å²) in [6.07, 6.45) is 0.209. The van der Waals surface area contributed by atoms with E-state index >= 15 is 0 Å². The van der Waals surface area contributed by atoms with Gasteiger partial charge in [0.05, 0.1) is 12.2 Å². The zero-order valence-electron chi connectivity index (χ0n) is 13.0. The normalized spacial score (nSPS) is 13.1. The number of aliphatic hydroxyl groups is 1. The van der Waals surface area contributed by atoms with Crippen LogP contribution in [-0.4, -0.2) is 34.7 Å². The van der Waals surface area contributed by atoms with E-state index in [0.29, 0.717) is 11.1 Å². The predicted octanol–water partition coefficient (Wildman–Crippen LogP) is 2.51. The van der Waals surface area contributed by atoms with Gasteiger partial charge in [-0.2, -0.15) is 0 Å². The number of carbonyl (C=O) groups excluding carboxylic acids is 1. The topological polar surface area (TPSA) is 93.8 Å². The summed E-state index contributed by atoms with van der Waals surface area (Å²) in [5.41, 5.74) is 0.345. The van der Waals surface area contributed by atoms with Crippen molar-refractivity contribution < 1.29 is 23.8 Å². The van der Waals surface area contributed by atoms with E-state index in [0.717, 1.165) is 0 Å². The number of nitrogens with zero attached hydrogens (tertiary/aromatic N) is 1. The van der Waals surface area contributed by atoms with E-state index < -0.39 is 18.0 Å². The Bertz CT molecular complexity index is 659. The number of pyridine rings is 1. The van der Waals surface area contributed by atoms with Gasteiger partial charge in [-0.1, -0.05) is 0 Å². The smallest absolute Gasteiger partial charge is 0.345 e. The summed E-state index contributed by atoms with van der Waals surface area (Å²) in [7, 11) is 0. The molecular formula is C15H20N2O5. The Morgan fingerprint density at radius 2 is 2.23 bits per heavy atom. The minimum Gasteiger partial charge on any atom is -0.462 e. The molecule has 2 N–H and O–H groups in total. The van der Waals surface area contributed by atoms with Gasteiger partial charge < -0.3 is 24.3 Å². The third kappa shape index (κ3) is 3.75. The van der Waals surface area contributed by atoms with Crippen molar-refractivity contribution in [2.45, 2.75) is 39.7 Å². The van der Waals surface area contributed by atoms with Crippen LogP contribution in [0.5, 0.6) is 0 Å². The van der Waals surface area contributed by atoms with Crippen LogP contribution >= 0.6 is 0 Å². The Hall–Kier alpha value is -2.12. The molecular weight excluding hydrogens is 288 g/mol. The van der Waals surface area contributed by atoms with Crippen molar-refractivity contribution in [1.82, 2.24) is 4.98 Å². The van der Waals surface area contributed by atoms with E-state index in [9.17, 15) is 9.90 Å². The number of esters is 1. The molecule has 22 heavy (non-hydrogen) atoms. The van der Waals surface area contributed by atoms with Crippen molar-refractivity contribution in [3.63, 3.8) is 0 Å². The van der Waals surface area contributed by atoms with Gasteiger partial charge in [-0.25, -0.2) is 4.79 Å². The number of furan rings is 1. The number of ether oxygens (including phenoxy) is 2. The Morgan fingerprint density at radius 1 is 1.50 bits per heavy atom. The number of aliphatic hydroxyl groups excluding tert-OH is 1. The number of rotatable bonds is 5. The third-order valence-corrected chi connectivity index (χ3v) is 2.65. The Labute approximate surface area is 128 Å². The van der Waals surface area contributed by atoms with Crippen molar-refractivity contribution in [2.24, 2.45) is 0 Å². The molecule has 7 nitrogen and oxygen atoms in total. The molecule has 0 aliphatic carbocycles. The van der Waals surface area contributed by atoms with E-state index in [2.05, 4.69) is 10.3 Å². The molecule has 2 heterocycles. The lowest BCUT2D eigenvalue weighted by Gasteiger charge is -2.24. The lowest BCUT2D eigenvalue weighted by atomic mass is 10.2. The van der Waals surface area contributed by atoms with Gasteiger partial charge in [0, 0.05) is 6.20 Å². The number of anilines is 1. The first-order valence-electron chi connectivity index (χ1n) is 6.99. The van der Waals surface area contributed by atoms with E-state index in [1.165, 1.54) is 0 Å². The number of nitrogens with one attached hydrogen (secondary N) is 1. The summed E-state index contributed by atoms with van der Waals surface area (Å²) in [6, 6.07) is 3.36. The van der Waals surface area contributed by atoms with Crippen LogP contribution in [0.15, 0.2) is 22.7 Å². The lowest BCUT2D eigenvalue weighted by Crippen LogP contribution is -2.32. The van der Waals surface area contributed by atoms with Crippen LogP contribution in [0, 0.1) is 0 Å². The molecule has 1 unspecified atom stereocenters. The zero-order chi connectivity index (χ0) is 16.3. The summed E-state index contributed by atoms with van der Waals surface area (Å²) < 4.78 is 15.9. The van der Waals surface area contributed by atoms with Crippen molar-refractivity contribution in [3.05, 3.63) is 23.9 Å². The quantitative estimate of drug-likeness (QED) is 0.647. The van der Waals surface area contributed by atoms with Crippen LogP contribution in [0.25, 0.3) is 11.1 Å². The van der Waals surface area contributed by atoms with Crippen LogP contribution in [-0.2, 0) is 9.47 Å². The SMILES string of the molecule is CCOC(=O)c1c(NC(O)OC(C)(C)C)oc2cccnc12. The van der Waals surface area contributed by atoms with Crippen molar-refractivity contribution in [3.8, 4) is 0 Å². The van der Waals surface area contributed by atoms with Crippen LogP contribution < -0.4 is 5.32 Å². The molecule has 0 spiro atoms. The van der Waals surface area contributed by atoms with E-state index in [1.807, 2.05) is 0 Å². The molecule has 2 aromatic heterocycles. The summed E-state index contributed by atoms with van der Waals surface area (Å²) in [5, 5.41) is 12.6. The molecule has 120 valence electrons. The van der Waals surface area contributed by atoms with Gasteiger partial charge in [0.25, 0.3) is 0 Å². The Morgan fingerprint density at radius 3 is 2.86 bits per heavy atom. The minimum absolute atomic E-state index is 0.0592. The minimum atomic E-state index is -1.34. The first-order valence-corrected chi connectivity index (χ1v) is 6.99. The molecule has 1 atom stereocenters. The molecule has 0 fully saturated rings. The standard InChI is InChI=1S/C15H20N2O5/c1-5-20-13(18)10-11-9(7-6-8-16-11)21-12(10)17-14(19)22-15(2,3)4/h6-8,14,17,19H,5H2,1-4H3. The molecule has 0 aliphatic heterocycles. The van der Waals surface area contributed by atoms with E-state index in [4.69, 9.17) is 13.9 Å². The van der Waals surface area contributed by atoms with Crippen LogP contribution in [0.1, 0.15) is 38.1 Å². The van der Waals surface area contributed by atoms with Crippen molar-refractivity contribution in [2.75, 3.05) is 11.9 Å². The van der Waals surface area contributed by atoms with Crippen LogP contribution in [0.2, 0.25) is 0 Å². The second-order valence-electron chi connectivity index (χ2n) is 5.60. The maximum Gasteiger partial charge on any atom is 0.345 e. The van der Waals surface area contributed by atoms with Gasteiger partial charge in [0.2, 0.25) is 12.3 Å². The number of hydrogen-bond acceptors (Lipinski definition) is 7. The Balaban J connectivity index is 2.35. The second-order valence-corrected chi connectivity index (χ2v) is 5.60. The summed E-state index contributed by atoms with van der Waals surface area (Å²) in [6.45, 7) is 7.32. The molecule has 2 rings (SSSR count). The highest BCUT2D eigenvalue weighted by Gasteiger charge is 2.26. The number of carbonyl (C=O) groups is 1. The van der Waals surface area contributed by atoms with E-state index in [1.54, 1.807) is 46.0 Å². The average Bonchev–Trinajstić information content (AvgIpc) is 2.74. The van der Waals surface area contributed by atoms with Gasteiger partial charge >= 0.3 is 5.97 Å². The third-order valence-electron chi connectivity index (χ3n) is 2.65. The summed E-state index contributed by atoms with van der Waals surface area (Å²) >= 11 is 0. The summed E-state index contributed by atoms with van der Waals surface area (Å²) in [4.78, 5) is 16.3. The fraction of sp³-hybridized carbons (Fsp3) is 0.467. The molecule has 0 radical (unpaired) electrons. The lowest BCUT2D eigenvalue weighted by molar-refractivity contribution is -0.149. The molecule has 0 aliphatic rings. The molecule has 7 heteroatoms. The van der Waals surface area contributed by atoms with Gasteiger partial charge in [0.1, 0.15) is 11.1 Å². The fourth-order valence-corrected chi connectivity index (χ4v) is 1.90. The average molecular weight is 308 g/mol. The largest absolute Gasteiger partial charge is 0.462 e. The van der Waals surface area contributed by atoms with Crippen LogP contribution in [0.4, 0.5) is 5.88 Å². The highest BCUT2D eigenvalue weighted by atomic mass is 16.6. The monoisotopic (exact) mass is 308 g/mol. The fourth-order valence-electron chi connectivity index (χ4n) is 1.90. The number of hydrogen-bond donors (Lipinski definition) is 2. The second kappa shape index (κ2) is 6.33. The maximum atomic E-state index is 12.1. The molecule has 0 saturated heterocycles. The molecule has 0 bridgehead atoms. The van der Waals surface area contributed by atoms with Crippen LogP contribution in [0.3, 0.4) is 0 Å². The maximum absolute atomic E-state index is 12.1. The number of fused-ring (bicyclic) bond motifs is 1. The first-order chi connectivity index (χ1) is 10.3. The Kier molecular flexibility index (Phi) is 4.68. The van der Waals surface area contributed by atoms with Gasteiger partial charge in [-0.15, -0.1) is 0 Å². The van der Waals surface area contributed by atoms with Gasteiger partial charge in [-0.3, -0.25) is 4.98 Å². The highest BCUT2D eigenvalue weighted by Crippen LogP contribution is 2.29.